The maximum atomic E-state index is 12.0. The van der Waals surface area contributed by atoms with Gasteiger partial charge in [-0.25, -0.2) is 4.98 Å². The second kappa shape index (κ2) is 8.37. The number of anilines is 1. The third-order valence-electron chi connectivity index (χ3n) is 3.25. The number of methoxy groups -OCH3 is 1. The number of amides is 1. The Morgan fingerprint density at radius 2 is 1.76 bits per heavy atom. The van der Waals surface area contributed by atoms with Gasteiger partial charge in [0.25, 0.3) is 5.91 Å². The maximum Gasteiger partial charge on any atom is 0.253 e. The minimum atomic E-state index is -0.271. The smallest absolute Gasteiger partial charge is 0.253 e. The monoisotopic (exact) mass is 343 g/mol. The van der Waals surface area contributed by atoms with E-state index >= 15 is 0 Å². The Balaban J connectivity index is 1.76. The van der Waals surface area contributed by atoms with Gasteiger partial charge in [-0.1, -0.05) is 0 Å². The van der Waals surface area contributed by atoms with Gasteiger partial charge < -0.3 is 20.1 Å². The van der Waals surface area contributed by atoms with Gasteiger partial charge in [-0.05, 0) is 57.2 Å². The molecule has 0 aliphatic heterocycles. The number of carbonyl (C=O) groups is 1. The maximum absolute atomic E-state index is 12.0. The van der Waals surface area contributed by atoms with Gasteiger partial charge in [-0.15, -0.1) is 0 Å². The summed E-state index contributed by atoms with van der Waals surface area (Å²) in [4.78, 5) is 16.3. The summed E-state index contributed by atoms with van der Waals surface area (Å²) in [5.74, 6) is 2.15. The molecule has 0 unspecified atom stereocenters. The van der Waals surface area contributed by atoms with E-state index in [1.165, 1.54) is 0 Å². The van der Waals surface area contributed by atoms with Crippen LogP contribution in [0.25, 0.3) is 0 Å². The molecule has 0 aliphatic carbocycles. The largest absolute Gasteiger partial charge is 0.497 e. The van der Waals surface area contributed by atoms with Gasteiger partial charge in [-0.2, -0.15) is 0 Å². The molecule has 1 amide bonds. The van der Waals surface area contributed by atoms with Crippen LogP contribution in [0.1, 0.15) is 31.1 Å². The highest BCUT2D eigenvalue weighted by Crippen LogP contribution is 2.16. The molecule has 0 bridgehead atoms. The normalized spacial score (nSPS) is 10.9. The van der Waals surface area contributed by atoms with E-state index in [1.54, 1.807) is 25.4 Å². The first-order valence-corrected chi connectivity index (χ1v) is 8.17. The minimum absolute atomic E-state index is 0.130. The number of hydrogen-bond acceptors (Lipinski definition) is 5. The lowest BCUT2D eigenvalue weighted by Gasteiger charge is -2.20. The molecule has 134 valence electrons. The average molecular weight is 343 g/mol. The summed E-state index contributed by atoms with van der Waals surface area (Å²) in [6.45, 7) is 6.93. The highest BCUT2D eigenvalue weighted by molar-refractivity contribution is 5.94. The van der Waals surface area contributed by atoms with Crippen molar-refractivity contribution in [2.45, 2.75) is 26.3 Å². The van der Waals surface area contributed by atoms with Crippen LogP contribution < -0.4 is 20.1 Å². The summed E-state index contributed by atoms with van der Waals surface area (Å²) in [6.07, 6.45) is 1.56. The van der Waals surface area contributed by atoms with E-state index in [0.29, 0.717) is 24.5 Å². The van der Waals surface area contributed by atoms with Gasteiger partial charge in [-0.3, -0.25) is 4.79 Å². The van der Waals surface area contributed by atoms with Crippen LogP contribution in [0.15, 0.2) is 42.6 Å². The van der Waals surface area contributed by atoms with Crippen molar-refractivity contribution in [3.8, 4) is 11.5 Å². The number of nitrogens with zero attached hydrogens (tertiary/aromatic N) is 1. The van der Waals surface area contributed by atoms with Crippen molar-refractivity contribution < 1.29 is 14.3 Å². The molecule has 2 aromatic rings. The van der Waals surface area contributed by atoms with Gasteiger partial charge in [0.05, 0.1) is 19.2 Å². The molecule has 1 aromatic heterocycles. The summed E-state index contributed by atoms with van der Waals surface area (Å²) < 4.78 is 10.7. The van der Waals surface area contributed by atoms with Gasteiger partial charge >= 0.3 is 0 Å². The molecule has 2 N–H and O–H groups in total. The molecule has 0 saturated heterocycles. The summed E-state index contributed by atoms with van der Waals surface area (Å²) in [6, 6.07) is 11.0. The van der Waals surface area contributed by atoms with Crippen LogP contribution in [0.3, 0.4) is 0 Å². The first kappa shape index (κ1) is 18.6. The second-order valence-electron chi connectivity index (χ2n) is 6.59. The zero-order valence-corrected chi connectivity index (χ0v) is 15.1. The average Bonchev–Trinajstić information content (AvgIpc) is 2.58. The molecule has 25 heavy (non-hydrogen) atoms. The van der Waals surface area contributed by atoms with Gasteiger partial charge in [0, 0.05) is 11.7 Å². The molecule has 0 atom stereocenters. The molecule has 0 fully saturated rings. The predicted octanol–water partition coefficient (Wildman–Crippen LogP) is 3.11. The Morgan fingerprint density at radius 1 is 1.08 bits per heavy atom. The summed E-state index contributed by atoms with van der Waals surface area (Å²) in [5.41, 5.74) is 0.266. The van der Waals surface area contributed by atoms with Crippen molar-refractivity contribution in [1.82, 2.24) is 10.3 Å². The topological polar surface area (TPSA) is 72.5 Å². The molecule has 1 heterocycles. The van der Waals surface area contributed by atoms with Crippen LogP contribution in [-0.2, 0) is 0 Å². The Morgan fingerprint density at radius 3 is 2.32 bits per heavy atom. The summed E-state index contributed by atoms with van der Waals surface area (Å²) in [7, 11) is 1.63. The van der Waals surface area contributed by atoms with Gasteiger partial charge in [0.1, 0.15) is 23.9 Å². The number of nitrogens with one attached hydrogen (secondary N) is 2. The summed E-state index contributed by atoms with van der Waals surface area (Å²) in [5, 5.41) is 6.06. The number of pyridine rings is 1. The third-order valence-corrected chi connectivity index (χ3v) is 3.25. The minimum Gasteiger partial charge on any atom is -0.497 e. The highest BCUT2D eigenvalue weighted by Gasteiger charge is 2.15. The number of rotatable bonds is 7. The Hall–Kier alpha value is -2.76. The second-order valence-corrected chi connectivity index (χ2v) is 6.59. The van der Waals surface area contributed by atoms with Crippen molar-refractivity contribution in [1.29, 1.82) is 0 Å². The van der Waals surface area contributed by atoms with Crippen LogP contribution in [0.5, 0.6) is 11.5 Å². The predicted molar refractivity (Wildman–Crippen MR) is 98.4 cm³/mol. The first-order valence-electron chi connectivity index (χ1n) is 8.17. The van der Waals surface area contributed by atoms with Crippen LogP contribution >= 0.6 is 0 Å². The number of benzene rings is 1. The fraction of sp³-hybridized carbons (Fsp3) is 0.368. The van der Waals surface area contributed by atoms with Crippen molar-refractivity contribution in [2.75, 3.05) is 25.6 Å². The highest BCUT2D eigenvalue weighted by atomic mass is 16.5. The number of hydrogen-bond donors (Lipinski definition) is 2. The van der Waals surface area contributed by atoms with Crippen LogP contribution in [0.2, 0.25) is 0 Å². The summed E-state index contributed by atoms with van der Waals surface area (Å²) >= 11 is 0. The van der Waals surface area contributed by atoms with E-state index in [9.17, 15) is 4.79 Å². The first-order chi connectivity index (χ1) is 11.9. The van der Waals surface area contributed by atoms with E-state index in [1.807, 2.05) is 45.0 Å². The van der Waals surface area contributed by atoms with E-state index in [2.05, 4.69) is 15.6 Å². The lowest BCUT2D eigenvalue weighted by Crippen LogP contribution is -2.40. The van der Waals surface area contributed by atoms with E-state index in [4.69, 9.17) is 9.47 Å². The number of ether oxygens (including phenoxy) is 2. The van der Waals surface area contributed by atoms with Gasteiger partial charge in [0.2, 0.25) is 0 Å². The molecular formula is C19H25N3O3. The molecule has 2 rings (SSSR count). The zero-order chi connectivity index (χ0) is 18.3. The van der Waals surface area contributed by atoms with Gasteiger partial charge in [0.15, 0.2) is 0 Å². The fourth-order valence-electron chi connectivity index (χ4n) is 2.07. The third kappa shape index (κ3) is 6.33. The lowest BCUT2D eigenvalue weighted by molar-refractivity contribution is 0.0919. The number of carbonyl (C=O) groups excluding carboxylic acids is 1. The lowest BCUT2D eigenvalue weighted by atomic mass is 10.1. The molecule has 6 heteroatoms. The Kier molecular flexibility index (Phi) is 6.22. The Bertz CT molecular complexity index is 677. The van der Waals surface area contributed by atoms with E-state index in [0.717, 1.165) is 11.5 Å². The standard InChI is InChI=1S/C19H25N3O3/c1-19(2,3)22-18(23)14-5-10-17(21-13-14)20-11-12-25-16-8-6-15(24-4)7-9-16/h5-10,13H,11-12H2,1-4H3,(H,20,21)(H,22,23). The SMILES string of the molecule is COc1ccc(OCCNc2ccc(C(=O)NC(C)(C)C)cn2)cc1. The van der Waals surface area contributed by atoms with Crippen molar-refractivity contribution in [2.24, 2.45) is 0 Å². The molecule has 6 nitrogen and oxygen atoms in total. The Labute approximate surface area is 148 Å². The molecule has 0 saturated carbocycles. The zero-order valence-electron chi connectivity index (χ0n) is 15.1. The van der Waals surface area contributed by atoms with Crippen molar-refractivity contribution in [3.05, 3.63) is 48.2 Å². The molecule has 0 spiro atoms. The van der Waals surface area contributed by atoms with Crippen LogP contribution in [0, 0.1) is 0 Å². The molecule has 1 aromatic carbocycles. The molecular weight excluding hydrogens is 318 g/mol. The molecule has 0 radical (unpaired) electrons. The van der Waals surface area contributed by atoms with Crippen molar-refractivity contribution in [3.63, 3.8) is 0 Å². The van der Waals surface area contributed by atoms with Crippen LogP contribution in [-0.4, -0.2) is 36.7 Å². The quantitative estimate of drug-likeness (QED) is 0.756. The van der Waals surface area contributed by atoms with Crippen molar-refractivity contribution >= 4 is 11.7 Å². The van der Waals surface area contributed by atoms with E-state index in [-0.39, 0.29) is 11.4 Å². The number of aromatic nitrogens is 1. The van der Waals surface area contributed by atoms with E-state index < -0.39 is 0 Å². The molecule has 0 aliphatic rings. The fourth-order valence-corrected chi connectivity index (χ4v) is 2.07. The van der Waals surface area contributed by atoms with Crippen LogP contribution in [0.4, 0.5) is 5.82 Å².